The molecule has 1 atom stereocenters. The van der Waals surface area contributed by atoms with E-state index in [9.17, 15) is 0 Å². The van der Waals surface area contributed by atoms with Crippen LogP contribution in [0, 0.1) is 0 Å². The van der Waals surface area contributed by atoms with Crippen LogP contribution in [-0.2, 0) is 0 Å². The Morgan fingerprint density at radius 1 is 1.29 bits per heavy atom. The van der Waals surface area contributed by atoms with Crippen LogP contribution in [0.25, 0.3) is 0 Å². The second-order valence-corrected chi connectivity index (χ2v) is 5.10. The van der Waals surface area contributed by atoms with Crippen molar-refractivity contribution in [1.29, 1.82) is 0 Å². The Morgan fingerprint density at radius 2 is 2.00 bits per heavy atom. The van der Waals surface area contributed by atoms with Gasteiger partial charge < -0.3 is 11.1 Å². The van der Waals surface area contributed by atoms with Crippen LogP contribution in [0.5, 0.6) is 0 Å². The van der Waals surface area contributed by atoms with Crippen molar-refractivity contribution in [2.75, 3.05) is 6.54 Å². The lowest BCUT2D eigenvalue weighted by atomic mass is 10.1. The monoisotopic (exact) mass is 270 g/mol. The molecule has 0 aromatic heterocycles. The van der Waals surface area contributed by atoms with Crippen LogP contribution >= 0.6 is 23.2 Å². The highest BCUT2D eigenvalue weighted by Gasteiger charge is 2.18. The Hall–Kier alpha value is -0.540. The molecule has 0 fully saturated rings. The molecule has 0 amide bonds. The molecule has 0 saturated carbocycles. The number of halogens is 2. The lowest BCUT2D eigenvalue weighted by molar-refractivity contribution is 0.453. The summed E-state index contributed by atoms with van der Waals surface area (Å²) in [5.74, 6) is 0. The van der Waals surface area contributed by atoms with Crippen molar-refractivity contribution in [3.63, 3.8) is 0 Å². The molecule has 0 saturated heterocycles. The van der Waals surface area contributed by atoms with E-state index in [1.54, 1.807) is 6.07 Å². The fraction of sp³-hybridized carbons (Fsp3) is 0.385. The zero-order valence-electron chi connectivity index (χ0n) is 9.50. The summed E-state index contributed by atoms with van der Waals surface area (Å²) in [7, 11) is 0. The minimum absolute atomic E-state index is 0.0612. The summed E-state index contributed by atoms with van der Waals surface area (Å²) in [6.45, 7) is 0.510. The van der Waals surface area contributed by atoms with Crippen molar-refractivity contribution in [1.82, 2.24) is 5.32 Å². The molecule has 1 aliphatic carbocycles. The number of hydrogen-bond acceptors (Lipinski definition) is 2. The molecule has 1 unspecified atom stereocenters. The molecule has 2 nitrogen and oxygen atoms in total. The van der Waals surface area contributed by atoms with Crippen LogP contribution in [0.15, 0.2) is 30.4 Å². The van der Waals surface area contributed by atoms with Crippen LogP contribution in [0.1, 0.15) is 24.4 Å². The van der Waals surface area contributed by atoms with Gasteiger partial charge in [0.25, 0.3) is 0 Å². The number of benzene rings is 1. The highest BCUT2D eigenvalue weighted by Crippen LogP contribution is 2.27. The van der Waals surface area contributed by atoms with Crippen LogP contribution < -0.4 is 11.1 Å². The second kappa shape index (κ2) is 5.87. The van der Waals surface area contributed by atoms with Gasteiger partial charge in [0.05, 0.1) is 0 Å². The molecule has 0 radical (unpaired) electrons. The standard InChI is InChI=1S/C13H16Cl2N2/c14-9-5-6-12(15)11(7-9)13(8-16)17-10-3-1-2-4-10/h1-2,5-7,10,13,17H,3-4,8,16H2. The Labute approximate surface area is 112 Å². The summed E-state index contributed by atoms with van der Waals surface area (Å²) in [6.07, 6.45) is 6.47. The Balaban J connectivity index is 2.13. The Kier molecular flexibility index (Phi) is 4.46. The van der Waals surface area contributed by atoms with Gasteiger partial charge in [-0.15, -0.1) is 0 Å². The van der Waals surface area contributed by atoms with Gasteiger partial charge in [0, 0.05) is 28.7 Å². The zero-order valence-corrected chi connectivity index (χ0v) is 11.0. The van der Waals surface area contributed by atoms with Crippen molar-refractivity contribution in [2.24, 2.45) is 5.73 Å². The van der Waals surface area contributed by atoms with Crippen molar-refractivity contribution in [3.8, 4) is 0 Å². The summed E-state index contributed by atoms with van der Waals surface area (Å²) in [5, 5.41) is 4.92. The molecular weight excluding hydrogens is 255 g/mol. The van der Waals surface area contributed by atoms with Crippen LogP contribution in [0.4, 0.5) is 0 Å². The third-order valence-corrected chi connectivity index (χ3v) is 3.59. The van der Waals surface area contributed by atoms with Gasteiger partial charge in [-0.05, 0) is 36.6 Å². The molecular formula is C13H16Cl2N2. The van der Waals surface area contributed by atoms with E-state index in [-0.39, 0.29) is 6.04 Å². The molecule has 0 aliphatic heterocycles. The van der Waals surface area contributed by atoms with Gasteiger partial charge >= 0.3 is 0 Å². The molecule has 3 N–H and O–H groups in total. The normalized spacial score (nSPS) is 17.6. The molecule has 1 aliphatic rings. The van der Waals surface area contributed by atoms with Crippen molar-refractivity contribution >= 4 is 23.2 Å². The quantitative estimate of drug-likeness (QED) is 0.824. The van der Waals surface area contributed by atoms with Crippen LogP contribution in [0.2, 0.25) is 10.0 Å². The average Bonchev–Trinajstić information content (AvgIpc) is 2.82. The maximum absolute atomic E-state index is 6.19. The minimum Gasteiger partial charge on any atom is -0.329 e. The summed E-state index contributed by atoms with van der Waals surface area (Å²) in [5.41, 5.74) is 6.80. The second-order valence-electron chi connectivity index (χ2n) is 4.26. The lowest BCUT2D eigenvalue weighted by Crippen LogP contribution is -2.35. The van der Waals surface area contributed by atoms with Crippen molar-refractivity contribution in [2.45, 2.75) is 24.9 Å². The summed E-state index contributed by atoms with van der Waals surface area (Å²) >= 11 is 12.2. The van der Waals surface area contributed by atoms with Gasteiger partial charge in [0.1, 0.15) is 0 Å². The molecule has 1 aromatic carbocycles. The molecule has 0 bridgehead atoms. The van der Waals surface area contributed by atoms with Gasteiger partial charge in [-0.3, -0.25) is 0 Å². The first-order chi connectivity index (χ1) is 8.20. The Morgan fingerprint density at radius 3 is 2.65 bits per heavy atom. The first-order valence-corrected chi connectivity index (χ1v) is 6.52. The first-order valence-electron chi connectivity index (χ1n) is 5.76. The number of rotatable bonds is 4. The Bertz CT molecular complexity index is 410. The molecule has 2 rings (SSSR count). The lowest BCUT2D eigenvalue weighted by Gasteiger charge is -2.23. The van der Waals surface area contributed by atoms with E-state index in [4.69, 9.17) is 28.9 Å². The highest BCUT2D eigenvalue weighted by molar-refractivity contribution is 6.33. The van der Waals surface area contributed by atoms with Gasteiger partial charge in [0.2, 0.25) is 0 Å². The molecule has 92 valence electrons. The highest BCUT2D eigenvalue weighted by atomic mass is 35.5. The van der Waals surface area contributed by atoms with E-state index in [2.05, 4.69) is 17.5 Å². The van der Waals surface area contributed by atoms with E-state index in [0.717, 1.165) is 18.4 Å². The van der Waals surface area contributed by atoms with E-state index in [1.807, 2.05) is 12.1 Å². The summed E-state index contributed by atoms with van der Waals surface area (Å²) in [4.78, 5) is 0. The van der Waals surface area contributed by atoms with E-state index in [1.165, 1.54) is 0 Å². The third kappa shape index (κ3) is 3.23. The maximum atomic E-state index is 6.19. The largest absolute Gasteiger partial charge is 0.329 e. The number of nitrogens with two attached hydrogens (primary N) is 1. The molecule has 17 heavy (non-hydrogen) atoms. The smallest absolute Gasteiger partial charge is 0.0462 e. The van der Waals surface area contributed by atoms with Gasteiger partial charge in [-0.2, -0.15) is 0 Å². The zero-order chi connectivity index (χ0) is 12.3. The van der Waals surface area contributed by atoms with E-state index >= 15 is 0 Å². The van der Waals surface area contributed by atoms with E-state index < -0.39 is 0 Å². The van der Waals surface area contributed by atoms with Crippen LogP contribution in [0.3, 0.4) is 0 Å². The average molecular weight is 271 g/mol. The molecule has 4 heteroatoms. The van der Waals surface area contributed by atoms with Gasteiger partial charge in [0.15, 0.2) is 0 Å². The fourth-order valence-electron chi connectivity index (χ4n) is 2.10. The van der Waals surface area contributed by atoms with Gasteiger partial charge in [-0.1, -0.05) is 35.4 Å². The topological polar surface area (TPSA) is 38.0 Å². The molecule has 0 heterocycles. The summed E-state index contributed by atoms with van der Waals surface area (Å²) in [6, 6.07) is 6.01. The predicted molar refractivity (Wildman–Crippen MR) is 73.6 cm³/mol. The van der Waals surface area contributed by atoms with Crippen molar-refractivity contribution < 1.29 is 0 Å². The first kappa shape index (κ1) is 12.9. The summed E-state index contributed by atoms with van der Waals surface area (Å²) < 4.78 is 0. The maximum Gasteiger partial charge on any atom is 0.0462 e. The fourth-order valence-corrected chi connectivity index (χ4v) is 2.53. The van der Waals surface area contributed by atoms with E-state index in [0.29, 0.717) is 22.6 Å². The van der Waals surface area contributed by atoms with Crippen LogP contribution in [-0.4, -0.2) is 12.6 Å². The molecule has 0 spiro atoms. The van der Waals surface area contributed by atoms with Gasteiger partial charge in [-0.25, -0.2) is 0 Å². The number of hydrogen-bond donors (Lipinski definition) is 2. The third-order valence-electron chi connectivity index (χ3n) is 3.01. The molecule has 1 aromatic rings. The predicted octanol–water partition coefficient (Wildman–Crippen LogP) is 3.30. The SMILES string of the molecule is NCC(NC1CC=CC1)c1cc(Cl)ccc1Cl. The van der Waals surface area contributed by atoms with Crippen molar-refractivity contribution in [3.05, 3.63) is 46.0 Å². The minimum atomic E-state index is 0.0612. The number of nitrogens with one attached hydrogen (secondary N) is 1.